The van der Waals surface area contributed by atoms with Gasteiger partial charge in [-0.2, -0.15) is 0 Å². The third kappa shape index (κ3) is 2.38. The van der Waals surface area contributed by atoms with Gasteiger partial charge in [-0.1, -0.05) is 13.3 Å². The second-order valence-electron chi connectivity index (χ2n) is 6.49. The van der Waals surface area contributed by atoms with E-state index >= 15 is 0 Å². The van der Waals surface area contributed by atoms with E-state index in [1.807, 2.05) is 30.1 Å². The van der Waals surface area contributed by atoms with E-state index in [1.54, 1.807) is 0 Å². The highest BCUT2D eigenvalue weighted by atomic mass is 16.3. The molecule has 1 fully saturated rings. The average Bonchev–Trinajstić information content (AvgIpc) is 2.91. The van der Waals surface area contributed by atoms with E-state index in [0.29, 0.717) is 13.0 Å². The van der Waals surface area contributed by atoms with Crippen LogP contribution >= 0.6 is 0 Å². The molecule has 2 aromatic heterocycles. The van der Waals surface area contributed by atoms with Gasteiger partial charge in [-0.3, -0.25) is 0 Å². The van der Waals surface area contributed by atoms with Crippen LogP contribution in [0.5, 0.6) is 0 Å². The maximum atomic E-state index is 10.4. The number of fused-ring (bicyclic) bond motifs is 1. The molecule has 2 aromatic rings. The Morgan fingerprint density at radius 1 is 1.41 bits per heavy atom. The minimum atomic E-state index is -0.429. The summed E-state index contributed by atoms with van der Waals surface area (Å²) >= 11 is 0. The van der Waals surface area contributed by atoms with Crippen molar-refractivity contribution in [1.29, 1.82) is 0 Å². The monoisotopic (exact) mass is 303 g/mol. The quantitative estimate of drug-likeness (QED) is 0.906. The predicted octanol–water partition coefficient (Wildman–Crippen LogP) is 1.92. The van der Waals surface area contributed by atoms with Crippen LogP contribution in [0, 0.1) is 5.41 Å². The highest BCUT2D eigenvalue weighted by Crippen LogP contribution is 2.38. The van der Waals surface area contributed by atoms with Crippen LogP contribution in [0.3, 0.4) is 0 Å². The molecule has 0 saturated carbocycles. The van der Waals surface area contributed by atoms with Gasteiger partial charge in [0.25, 0.3) is 0 Å². The smallest absolute Gasteiger partial charge is 0.141 e. The van der Waals surface area contributed by atoms with Gasteiger partial charge in [-0.25, -0.2) is 4.98 Å². The molecular formula is C17H25N3O2. The Morgan fingerprint density at radius 3 is 2.95 bits per heavy atom. The zero-order valence-electron chi connectivity index (χ0n) is 13.4. The molecule has 3 heterocycles. The molecule has 0 bridgehead atoms. The van der Waals surface area contributed by atoms with Crippen LogP contribution < -0.4 is 4.90 Å². The van der Waals surface area contributed by atoms with Gasteiger partial charge in [0.2, 0.25) is 0 Å². The van der Waals surface area contributed by atoms with E-state index in [0.717, 1.165) is 36.1 Å². The third-order valence-electron chi connectivity index (χ3n) is 5.03. The largest absolute Gasteiger partial charge is 0.396 e. The highest BCUT2D eigenvalue weighted by molar-refractivity contribution is 5.90. The van der Waals surface area contributed by atoms with Crippen LogP contribution in [-0.2, 0) is 7.05 Å². The Bertz CT molecular complexity index is 654. The van der Waals surface area contributed by atoms with Gasteiger partial charge in [-0.15, -0.1) is 0 Å². The topological polar surface area (TPSA) is 61.5 Å². The number of aliphatic hydroxyl groups is 2. The van der Waals surface area contributed by atoms with Crippen LogP contribution in [0.4, 0.5) is 5.69 Å². The van der Waals surface area contributed by atoms with Crippen molar-refractivity contribution in [3.05, 3.63) is 24.5 Å². The summed E-state index contributed by atoms with van der Waals surface area (Å²) in [5, 5.41) is 21.5. The standard InChI is InChI=1S/C17H25N3O2/c1-3-7-17(12-21)11-20(10-6-15(17)22)14-4-8-18-16-13(14)5-9-19(16)2/h4-5,8-9,15,21-22H,3,6-7,10-12H2,1-2H3/t15-,17-/m0/s1. The molecule has 5 heteroatoms. The van der Waals surface area contributed by atoms with E-state index < -0.39 is 11.5 Å². The Hall–Kier alpha value is -1.59. The third-order valence-corrected chi connectivity index (χ3v) is 5.03. The van der Waals surface area contributed by atoms with Crippen molar-refractivity contribution in [2.75, 3.05) is 24.6 Å². The van der Waals surface area contributed by atoms with E-state index in [4.69, 9.17) is 0 Å². The fourth-order valence-corrected chi connectivity index (χ4v) is 3.76. The van der Waals surface area contributed by atoms with Gasteiger partial charge in [0.05, 0.1) is 12.7 Å². The zero-order chi connectivity index (χ0) is 15.7. The summed E-state index contributed by atoms with van der Waals surface area (Å²) in [4.78, 5) is 6.74. The molecule has 1 aliphatic heterocycles. The van der Waals surface area contributed by atoms with E-state index in [2.05, 4.69) is 22.9 Å². The first-order valence-corrected chi connectivity index (χ1v) is 8.05. The molecule has 0 radical (unpaired) electrons. The Balaban J connectivity index is 1.97. The Labute approximate surface area is 131 Å². The first-order chi connectivity index (χ1) is 10.6. The molecule has 0 unspecified atom stereocenters. The maximum absolute atomic E-state index is 10.4. The number of hydrogen-bond donors (Lipinski definition) is 2. The van der Waals surface area contributed by atoms with Gasteiger partial charge in [0.15, 0.2) is 0 Å². The molecule has 1 aliphatic rings. The van der Waals surface area contributed by atoms with Crippen molar-refractivity contribution in [3.63, 3.8) is 0 Å². The van der Waals surface area contributed by atoms with Crippen molar-refractivity contribution in [1.82, 2.24) is 9.55 Å². The molecule has 2 atom stereocenters. The van der Waals surface area contributed by atoms with E-state index in [1.165, 1.54) is 0 Å². The van der Waals surface area contributed by atoms with Gasteiger partial charge in [0, 0.05) is 49.0 Å². The maximum Gasteiger partial charge on any atom is 0.141 e. The normalized spacial score (nSPS) is 25.8. The first-order valence-electron chi connectivity index (χ1n) is 8.05. The lowest BCUT2D eigenvalue weighted by Gasteiger charge is -2.46. The number of pyridine rings is 1. The minimum absolute atomic E-state index is 0.0293. The average molecular weight is 303 g/mol. The Kier molecular flexibility index (Phi) is 4.10. The summed E-state index contributed by atoms with van der Waals surface area (Å²) in [5.74, 6) is 0. The van der Waals surface area contributed by atoms with Crippen LogP contribution in [0.15, 0.2) is 24.5 Å². The summed E-state index contributed by atoms with van der Waals surface area (Å²) in [6.45, 7) is 3.62. The van der Waals surface area contributed by atoms with Crippen LogP contribution in [0.25, 0.3) is 11.0 Å². The van der Waals surface area contributed by atoms with Crippen molar-refractivity contribution < 1.29 is 10.2 Å². The van der Waals surface area contributed by atoms with Crippen LogP contribution in [0.2, 0.25) is 0 Å². The molecule has 120 valence electrons. The SMILES string of the molecule is CCC[C@@]1(CO)CN(c2ccnc3c2ccn3C)CC[C@@H]1O. The first kappa shape index (κ1) is 15.3. The zero-order valence-corrected chi connectivity index (χ0v) is 13.4. The summed E-state index contributed by atoms with van der Waals surface area (Å²) in [7, 11) is 1.99. The molecule has 0 aliphatic carbocycles. The number of aryl methyl sites for hydroxylation is 1. The lowest BCUT2D eigenvalue weighted by Crippen LogP contribution is -2.54. The van der Waals surface area contributed by atoms with Crippen molar-refractivity contribution >= 4 is 16.7 Å². The van der Waals surface area contributed by atoms with Gasteiger partial charge in [0.1, 0.15) is 5.65 Å². The summed E-state index contributed by atoms with van der Waals surface area (Å²) in [6.07, 6.45) is 5.92. The number of aliphatic hydroxyl groups excluding tert-OH is 2. The van der Waals surface area contributed by atoms with Crippen molar-refractivity contribution in [3.8, 4) is 0 Å². The molecule has 5 nitrogen and oxygen atoms in total. The number of piperidine rings is 1. The fourth-order valence-electron chi connectivity index (χ4n) is 3.76. The van der Waals surface area contributed by atoms with Crippen molar-refractivity contribution in [2.24, 2.45) is 12.5 Å². The van der Waals surface area contributed by atoms with E-state index in [-0.39, 0.29) is 6.61 Å². The number of nitrogens with zero attached hydrogens (tertiary/aromatic N) is 3. The number of aromatic nitrogens is 2. The van der Waals surface area contributed by atoms with Gasteiger partial charge >= 0.3 is 0 Å². The summed E-state index contributed by atoms with van der Waals surface area (Å²) in [5.41, 5.74) is 1.69. The predicted molar refractivity (Wildman–Crippen MR) is 88.0 cm³/mol. The molecule has 2 N–H and O–H groups in total. The molecule has 0 spiro atoms. The molecule has 0 amide bonds. The number of hydrogen-bond acceptors (Lipinski definition) is 4. The van der Waals surface area contributed by atoms with Crippen molar-refractivity contribution in [2.45, 2.75) is 32.3 Å². The van der Waals surface area contributed by atoms with Crippen LogP contribution in [0.1, 0.15) is 26.2 Å². The van der Waals surface area contributed by atoms with Gasteiger partial charge in [-0.05, 0) is 25.0 Å². The number of anilines is 1. The van der Waals surface area contributed by atoms with Gasteiger partial charge < -0.3 is 19.7 Å². The molecular weight excluding hydrogens is 278 g/mol. The lowest BCUT2D eigenvalue weighted by atomic mass is 9.74. The minimum Gasteiger partial charge on any atom is -0.396 e. The second kappa shape index (κ2) is 5.89. The summed E-state index contributed by atoms with van der Waals surface area (Å²) < 4.78 is 2.02. The summed E-state index contributed by atoms with van der Waals surface area (Å²) in [6, 6.07) is 4.12. The number of rotatable bonds is 4. The molecule has 1 saturated heterocycles. The molecule has 3 rings (SSSR count). The molecule has 22 heavy (non-hydrogen) atoms. The fraction of sp³-hybridized carbons (Fsp3) is 0.588. The molecule has 0 aromatic carbocycles. The van der Waals surface area contributed by atoms with E-state index in [9.17, 15) is 10.2 Å². The second-order valence-corrected chi connectivity index (χ2v) is 6.49. The Morgan fingerprint density at radius 2 is 2.23 bits per heavy atom. The highest BCUT2D eigenvalue weighted by Gasteiger charge is 2.42. The van der Waals surface area contributed by atoms with Crippen LogP contribution in [-0.4, -0.2) is 45.6 Å². The lowest BCUT2D eigenvalue weighted by molar-refractivity contribution is -0.0351.